The Morgan fingerprint density at radius 1 is 1.04 bits per heavy atom. The van der Waals surface area contributed by atoms with Gasteiger partial charge in [-0.05, 0) is 54.4 Å². The van der Waals surface area contributed by atoms with Crippen LogP contribution in [-0.4, -0.2) is 29.2 Å². The number of likely N-dealkylation sites (tertiary alicyclic amines) is 1. The van der Waals surface area contributed by atoms with E-state index in [1.807, 2.05) is 0 Å². The van der Waals surface area contributed by atoms with Gasteiger partial charge in [-0.25, -0.2) is 9.18 Å². The average molecular weight is 341 g/mol. The molecule has 5 nitrogen and oxygen atoms in total. The Morgan fingerprint density at radius 2 is 1.60 bits per heavy atom. The van der Waals surface area contributed by atoms with E-state index in [4.69, 9.17) is 4.74 Å². The van der Waals surface area contributed by atoms with Crippen molar-refractivity contribution in [2.24, 2.45) is 35.5 Å². The summed E-state index contributed by atoms with van der Waals surface area (Å²) in [5.74, 6) is -0.762. The Labute approximate surface area is 143 Å². The van der Waals surface area contributed by atoms with Crippen LogP contribution in [0.5, 0.6) is 5.75 Å². The van der Waals surface area contributed by atoms with Crippen LogP contribution in [0.3, 0.4) is 0 Å². The van der Waals surface area contributed by atoms with Gasteiger partial charge in [-0.15, -0.1) is 0 Å². The van der Waals surface area contributed by atoms with Crippen LogP contribution in [-0.2, 0) is 14.4 Å². The molecule has 4 aliphatic carbocycles. The van der Waals surface area contributed by atoms with Crippen molar-refractivity contribution in [2.75, 3.05) is 6.54 Å². The zero-order valence-corrected chi connectivity index (χ0v) is 13.3. The van der Waals surface area contributed by atoms with E-state index in [1.54, 1.807) is 0 Å². The summed E-state index contributed by atoms with van der Waals surface area (Å²) in [4.78, 5) is 38.7. The first kappa shape index (κ1) is 14.8. The molecule has 25 heavy (non-hydrogen) atoms. The van der Waals surface area contributed by atoms with E-state index < -0.39 is 18.3 Å². The summed E-state index contributed by atoms with van der Waals surface area (Å²) in [5, 5.41) is 0. The zero-order valence-electron chi connectivity index (χ0n) is 13.3. The molecule has 2 bridgehead atoms. The molecular weight excluding hydrogens is 325 g/mol. The van der Waals surface area contributed by atoms with Crippen LogP contribution >= 0.6 is 0 Å². The number of carbonyl (C=O) groups is 3. The van der Waals surface area contributed by atoms with Gasteiger partial charge >= 0.3 is 5.97 Å². The van der Waals surface area contributed by atoms with Crippen molar-refractivity contribution in [3.63, 3.8) is 0 Å². The summed E-state index contributed by atoms with van der Waals surface area (Å²) in [6.07, 6.45) is 5.28. The third-order valence-electron chi connectivity index (χ3n) is 6.09. The molecule has 1 aliphatic heterocycles. The second-order valence-corrected chi connectivity index (χ2v) is 7.35. The lowest BCUT2D eigenvalue weighted by Gasteiger charge is -2.37. The van der Waals surface area contributed by atoms with Gasteiger partial charge in [0, 0.05) is 0 Å². The van der Waals surface area contributed by atoms with Gasteiger partial charge in [0.05, 0.1) is 11.8 Å². The Hall–Kier alpha value is -2.50. The number of hydrogen-bond donors (Lipinski definition) is 0. The molecule has 6 atom stereocenters. The number of hydrogen-bond acceptors (Lipinski definition) is 4. The van der Waals surface area contributed by atoms with Crippen molar-refractivity contribution in [1.29, 1.82) is 0 Å². The van der Waals surface area contributed by atoms with Crippen LogP contribution in [0.25, 0.3) is 0 Å². The van der Waals surface area contributed by atoms with E-state index in [1.165, 1.54) is 24.3 Å². The number of amides is 2. The van der Waals surface area contributed by atoms with Crippen LogP contribution in [0.4, 0.5) is 4.39 Å². The van der Waals surface area contributed by atoms with Gasteiger partial charge in [0.1, 0.15) is 18.1 Å². The largest absolute Gasteiger partial charge is 0.425 e. The van der Waals surface area contributed by atoms with Crippen molar-refractivity contribution >= 4 is 17.8 Å². The highest BCUT2D eigenvalue weighted by Gasteiger charge is 2.67. The molecule has 1 heterocycles. The number of carbonyl (C=O) groups excluding carboxylic acids is 3. The number of halogens is 1. The molecule has 0 N–H and O–H groups in total. The van der Waals surface area contributed by atoms with Crippen LogP contribution in [0.1, 0.15) is 6.42 Å². The molecule has 5 aliphatic rings. The van der Waals surface area contributed by atoms with Gasteiger partial charge in [0.25, 0.3) is 0 Å². The van der Waals surface area contributed by atoms with Gasteiger partial charge in [-0.1, -0.05) is 12.2 Å². The number of ether oxygens (including phenoxy) is 1. The summed E-state index contributed by atoms with van der Waals surface area (Å²) in [5.41, 5.74) is 0. The second-order valence-electron chi connectivity index (χ2n) is 7.35. The first-order chi connectivity index (χ1) is 12.0. The van der Waals surface area contributed by atoms with Crippen molar-refractivity contribution in [3.8, 4) is 5.75 Å². The third-order valence-corrected chi connectivity index (χ3v) is 6.09. The molecule has 1 aromatic rings. The predicted molar refractivity (Wildman–Crippen MR) is 83.5 cm³/mol. The molecule has 6 heteroatoms. The van der Waals surface area contributed by atoms with Crippen LogP contribution in [0.2, 0.25) is 0 Å². The molecule has 2 amide bonds. The fraction of sp³-hybridized carbons (Fsp3) is 0.421. The highest BCUT2D eigenvalue weighted by Crippen LogP contribution is 2.65. The van der Waals surface area contributed by atoms with Gasteiger partial charge in [0.2, 0.25) is 11.8 Å². The fourth-order valence-electron chi connectivity index (χ4n) is 4.97. The normalized spacial score (nSPS) is 37.1. The molecule has 6 rings (SSSR count). The summed E-state index contributed by atoms with van der Waals surface area (Å²) >= 11 is 0. The number of esters is 1. The van der Waals surface area contributed by atoms with Crippen LogP contribution < -0.4 is 4.74 Å². The molecule has 0 aromatic heterocycles. The summed E-state index contributed by atoms with van der Waals surface area (Å²) in [6, 6.07) is 5.02. The SMILES string of the molecule is O=C(CN1C(=O)[C@H]2[C@@H]3C=C[C@H]([C@H]4C[C@H]34)[C@@H]2C1=O)Oc1ccc(F)cc1. The minimum atomic E-state index is -0.697. The lowest BCUT2D eigenvalue weighted by atomic mass is 9.63. The van der Waals surface area contributed by atoms with Crippen molar-refractivity contribution in [2.45, 2.75) is 6.42 Å². The highest BCUT2D eigenvalue weighted by atomic mass is 19.1. The number of allylic oxidation sites excluding steroid dienone is 2. The maximum atomic E-state index is 12.9. The van der Waals surface area contributed by atoms with E-state index in [0.717, 1.165) is 11.3 Å². The highest BCUT2D eigenvalue weighted by molar-refractivity contribution is 6.08. The van der Waals surface area contributed by atoms with Gasteiger partial charge in [-0.3, -0.25) is 14.5 Å². The van der Waals surface area contributed by atoms with E-state index in [0.29, 0.717) is 11.8 Å². The van der Waals surface area contributed by atoms with Crippen LogP contribution in [0.15, 0.2) is 36.4 Å². The number of nitrogens with zero attached hydrogens (tertiary/aromatic N) is 1. The lowest BCUT2D eigenvalue weighted by Crippen LogP contribution is -2.40. The quantitative estimate of drug-likeness (QED) is 0.364. The van der Waals surface area contributed by atoms with E-state index >= 15 is 0 Å². The fourth-order valence-corrected chi connectivity index (χ4v) is 4.97. The Balaban J connectivity index is 1.32. The number of imide groups is 1. The first-order valence-electron chi connectivity index (χ1n) is 8.54. The molecule has 1 saturated heterocycles. The van der Waals surface area contributed by atoms with E-state index in [2.05, 4.69) is 12.2 Å². The predicted octanol–water partition coefficient (Wildman–Crippen LogP) is 1.78. The smallest absolute Gasteiger partial charge is 0.331 e. The minimum absolute atomic E-state index is 0.134. The molecule has 0 radical (unpaired) electrons. The topological polar surface area (TPSA) is 63.7 Å². The van der Waals surface area contributed by atoms with Crippen molar-refractivity contribution in [1.82, 2.24) is 4.90 Å². The Kier molecular flexibility index (Phi) is 2.96. The molecule has 1 aromatic carbocycles. The van der Waals surface area contributed by atoms with Gasteiger partial charge < -0.3 is 4.74 Å². The molecule has 128 valence electrons. The number of rotatable bonds is 3. The first-order valence-corrected chi connectivity index (χ1v) is 8.54. The maximum absolute atomic E-state index is 12.9. The third kappa shape index (κ3) is 2.09. The monoisotopic (exact) mass is 341 g/mol. The summed E-state index contributed by atoms with van der Waals surface area (Å²) < 4.78 is 18.0. The van der Waals surface area contributed by atoms with Crippen molar-refractivity contribution in [3.05, 3.63) is 42.2 Å². The molecule has 2 saturated carbocycles. The average Bonchev–Trinajstić information content (AvgIpc) is 3.38. The second kappa shape index (κ2) is 5.00. The van der Waals surface area contributed by atoms with Crippen LogP contribution in [0, 0.1) is 41.3 Å². The van der Waals surface area contributed by atoms with E-state index in [9.17, 15) is 18.8 Å². The Bertz CT molecular complexity index is 781. The molecule has 0 spiro atoms. The zero-order chi connectivity index (χ0) is 17.3. The van der Waals surface area contributed by atoms with E-state index in [-0.39, 0.29) is 41.2 Å². The molecule has 0 unspecified atom stereocenters. The standard InChI is InChI=1S/C19H16FNO4/c20-9-1-3-10(4-2-9)25-15(22)8-21-18(23)16-11-5-6-12(14-7-13(11)14)17(16)19(21)24/h1-6,11-14,16-17H,7-8H2/t11-,12-,13-,14-,16+,17+/m1/s1. The minimum Gasteiger partial charge on any atom is -0.425 e. The van der Waals surface area contributed by atoms with Gasteiger partial charge in [0.15, 0.2) is 0 Å². The Morgan fingerprint density at radius 3 is 2.16 bits per heavy atom. The summed E-state index contributed by atoms with van der Waals surface area (Å²) in [7, 11) is 0. The van der Waals surface area contributed by atoms with Crippen molar-refractivity contribution < 1.29 is 23.5 Å². The number of benzene rings is 1. The van der Waals surface area contributed by atoms with Gasteiger partial charge in [-0.2, -0.15) is 0 Å². The maximum Gasteiger partial charge on any atom is 0.331 e. The molecule has 3 fully saturated rings. The molecular formula is C19H16FNO4. The lowest BCUT2D eigenvalue weighted by molar-refractivity contribution is -0.148. The summed E-state index contributed by atoms with van der Waals surface area (Å²) in [6.45, 7) is -0.392.